The Kier molecular flexibility index (Phi) is 5.59. The van der Waals surface area contributed by atoms with E-state index in [0.717, 1.165) is 29.4 Å². The number of benzene rings is 1. The predicted molar refractivity (Wildman–Crippen MR) is 84.3 cm³/mol. The third kappa shape index (κ3) is 3.82. The number of halogens is 1. The number of hydrogen-bond acceptors (Lipinski definition) is 4. The van der Waals surface area contributed by atoms with Gasteiger partial charge in [-0.15, -0.1) is 0 Å². The first kappa shape index (κ1) is 15.0. The van der Waals surface area contributed by atoms with E-state index in [-0.39, 0.29) is 6.04 Å². The summed E-state index contributed by atoms with van der Waals surface area (Å²) >= 11 is 6.17. The summed E-state index contributed by atoms with van der Waals surface area (Å²) in [6.07, 6.45) is 3.69. The number of aromatic nitrogens is 1. The lowest BCUT2D eigenvalue weighted by atomic mass is 10.1. The molecule has 0 aliphatic heterocycles. The van der Waals surface area contributed by atoms with Crippen molar-refractivity contribution in [2.45, 2.75) is 18.9 Å². The molecule has 0 fully saturated rings. The van der Waals surface area contributed by atoms with Crippen LogP contribution in [0.5, 0.6) is 0 Å². The van der Waals surface area contributed by atoms with Crippen LogP contribution in [0.3, 0.4) is 0 Å². The summed E-state index contributed by atoms with van der Waals surface area (Å²) in [4.78, 5) is 4.43. The van der Waals surface area contributed by atoms with Gasteiger partial charge in [0.1, 0.15) is 0 Å². The van der Waals surface area contributed by atoms with E-state index in [0.29, 0.717) is 18.2 Å². The van der Waals surface area contributed by atoms with Gasteiger partial charge < -0.3 is 15.8 Å². The monoisotopic (exact) mass is 293 g/mol. The van der Waals surface area contributed by atoms with Gasteiger partial charge >= 0.3 is 0 Å². The second-order valence-electron chi connectivity index (χ2n) is 4.76. The van der Waals surface area contributed by atoms with Crippen LogP contribution in [-0.2, 0) is 4.74 Å². The van der Waals surface area contributed by atoms with Gasteiger partial charge in [0.2, 0.25) is 0 Å². The van der Waals surface area contributed by atoms with Crippen LogP contribution < -0.4 is 11.1 Å². The highest BCUT2D eigenvalue weighted by molar-refractivity contribution is 6.31. The first-order valence-electron chi connectivity index (χ1n) is 6.74. The molecule has 4 nitrogen and oxygen atoms in total. The molecule has 1 aromatic heterocycles. The van der Waals surface area contributed by atoms with Gasteiger partial charge in [0, 0.05) is 29.8 Å². The van der Waals surface area contributed by atoms with Crippen molar-refractivity contribution in [2.24, 2.45) is 5.73 Å². The standard InChI is InChI=1S/C15H20ClN3O/c1-20-10-13(5-2-6-17)19-14-9-12(16)8-11-4-3-7-18-15(11)14/h3-4,7-9,13,19H,2,5-6,10,17H2,1H3. The molecule has 108 valence electrons. The summed E-state index contributed by atoms with van der Waals surface area (Å²) in [5.74, 6) is 0. The number of pyridine rings is 1. The number of nitrogens with zero attached hydrogens (tertiary/aromatic N) is 1. The molecular formula is C15H20ClN3O. The van der Waals surface area contributed by atoms with Crippen LogP contribution in [0.1, 0.15) is 12.8 Å². The maximum Gasteiger partial charge on any atom is 0.0934 e. The summed E-state index contributed by atoms with van der Waals surface area (Å²) in [7, 11) is 1.70. The molecule has 2 aromatic rings. The predicted octanol–water partition coefficient (Wildman–Crippen LogP) is 3.05. The number of ether oxygens (including phenoxy) is 1. The molecule has 1 aromatic carbocycles. The molecule has 0 aliphatic carbocycles. The van der Waals surface area contributed by atoms with E-state index < -0.39 is 0 Å². The van der Waals surface area contributed by atoms with Gasteiger partial charge in [-0.1, -0.05) is 17.7 Å². The molecule has 20 heavy (non-hydrogen) atoms. The molecule has 3 N–H and O–H groups in total. The molecular weight excluding hydrogens is 274 g/mol. The van der Waals surface area contributed by atoms with Gasteiger partial charge in [-0.25, -0.2) is 0 Å². The fourth-order valence-corrected chi connectivity index (χ4v) is 2.47. The van der Waals surface area contributed by atoms with E-state index in [1.807, 2.05) is 24.3 Å². The minimum atomic E-state index is 0.201. The molecule has 0 saturated heterocycles. The lowest BCUT2D eigenvalue weighted by Crippen LogP contribution is -2.26. The van der Waals surface area contributed by atoms with Gasteiger partial charge in [-0.3, -0.25) is 4.98 Å². The average molecular weight is 294 g/mol. The number of rotatable bonds is 7. The highest BCUT2D eigenvalue weighted by Crippen LogP contribution is 2.27. The SMILES string of the molecule is COCC(CCCN)Nc1cc(Cl)cc2cccnc12. The molecule has 1 heterocycles. The number of methoxy groups -OCH3 is 1. The minimum absolute atomic E-state index is 0.201. The Morgan fingerprint density at radius 3 is 3.05 bits per heavy atom. The van der Waals surface area contributed by atoms with Crippen LogP contribution in [0.2, 0.25) is 5.02 Å². The molecule has 1 unspecified atom stereocenters. The average Bonchev–Trinajstić information content (AvgIpc) is 2.44. The van der Waals surface area contributed by atoms with Crippen molar-refractivity contribution in [3.63, 3.8) is 0 Å². The quantitative estimate of drug-likeness (QED) is 0.824. The zero-order chi connectivity index (χ0) is 14.4. The summed E-state index contributed by atoms with van der Waals surface area (Å²) in [5.41, 5.74) is 7.44. The minimum Gasteiger partial charge on any atom is -0.383 e. The Bertz CT molecular complexity index is 562. The molecule has 1 atom stereocenters. The van der Waals surface area contributed by atoms with Gasteiger partial charge in [0.25, 0.3) is 0 Å². The van der Waals surface area contributed by atoms with Crippen molar-refractivity contribution in [1.82, 2.24) is 4.98 Å². The van der Waals surface area contributed by atoms with Crippen molar-refractivity contribution in [3.05, 3.63) is 35.5 Å². The topological polar surface area (TPSA) is 60.2 Å². The molecule has 0 radical (unpaired) electrons. The van der Waals surface area contributed by atoms with Crippen molar-refractivity contribution < 1.29 is 4.74 Å². The highest BCUT2D eigenvalue weighted by Gasteiger charge is 2.11. The van der Waals surface area contributed by atoms with Crippen molar-refractivity contribution in [1.29, 1.82) is 0 Å². The third-order valence-corrected chi connectivity index (χ3v) is 3.37. The highest BCUT2D eigenvalue weighted by atomic mass is 35.5. The van der Waals surface area contributed by atoms with E-state index in [2.05, 4.69) is 10.3 Å². The van der Waals surface area contributed by atoms with Crippen LogP contribution in [0, 0.1) is 0 Å². The van der Waals surface area contributed by atoms with Gasteiger partial charge in [0.05, 0.1) is 17.8 Å². The number of anilines is 1. The fourth-order valence-electron chi connectivity index (χ4n) is 2.25. The van der Waals surface area contributed by atoms with Crippen molar-refractivity contribution in [2.75, 3.05) is 25.6 Å². The third-order valence-electron chi connectivity index (χ3n) is 3.15. The molecule has 0 spiro atoms. The largest absolute Gasteiger partial charge is 0.383 e. The summed E-state index contributed by atoms with van der Waals surface area (Å²) in [5, 5.41) is 5.19. The summed E-state index contributed by atoms with van der Waals surface area (Å²) < 4.78 is 5.26. The molecule has 2 rings (SSSR count). The molecule has 0 amide bonds. The summed E-state index contributed by atoms with van der Waals surface area (Å²) in [6.45, 7) is 1.30. The van der Waals surface area contributed by atoms with Gasteiger partial charge in [-0.2, -0.15) is 0 Å². The van der Waals surface area contributed by atoms with Crippen LogP contribution in [0.4, 0.5) is 5.69 Å². The maximum atomic E-state index is 6.17. The Morgan fingerprint density at radius 1 is 1.45 bits per heavy atom. The first-order chi connectivity index (χ1) is 9.74. The van der Waals surface area contributed by atoms with Crippen LogP contribution in [0.15, 0.2) is 30.5 Å². The van der Waals surface area contributed by atoms with E-state index >= 15 is 0 Å². The van der Waals surface area contributed by atoms with Crippen molar-refractivity contribution >= 4 is 28.2 Å². The number of hydrogen-bond donors (Lipinski definition) is 2. The Hall–Kier alpha value is -1.36. The normalized spacial score (nSPS) is 12.6. The summed E-state index contributed by atoms with van der Waals surface area (Å²) in [6, 6.07) is 7.93. The maximum absolute atomic E-state index is 6.17. The molecule has 5 heteroatoms. The number of fused-ring (bicyclic) bond motifs is 1. The Morgan fingerprint density at radius 2 is 2.30 bits per heavy atom. The molecule has 0 aliphatic rings. The van der Waals surface area contributed by atoms with Crippen LogP contribution in [0.25, 0.3) is 10.9 Å². The van der Waals surface area contributed by atoms with E-state index in [1.165, 1.54) is 0 Å². The van der Waals surface area contributed by atoms with E-state index in [1.54, 1.807) is 13.3 Å². The Labute approximate surface area is 124 Å². The van der Waals surface area contributed by atoms with E-state index in [4.69, 9.17) is 22.1 Å². The van der Waals surface area contributed by atoms with Gasteiger partial charge in [-0.05, 0) is 37.6 Å². The second kappa shape index (κ2) is 7.43. The lowest BCUT2D eigenvalue weighted by molar-refractivity contribution is 0.182. The molecule has 0 bridgehead atoms. The second-order valence-corrected chi connectivity index (χ2v) is 5.19. The fraction of sp³-hybridized carbons (Fsp3) is 0.400. The van der Waals surface area contributed by atoms with E-state index in [9.17, 15) is 0 Å². The number of nitrogens with two attached hydrogens (primary N) is 1. The zero-order valence-electron chi connectivity index (χ0n) is 11.6. The molecule has 0 saturated carbocycles. The first-order valence-corrected chi connectivity index (χ1v) is 7.12. The lowest BCUT2D eigenvalue weighted by Gasteiger charge is -2.20. The van der Waals surface area contributed by atoms with Gasteiger partial charge in [0.15, 0.2) is 0 Å². The zero-order valence-corrected chi connectivity index (χ0v) is 12.4. The van der Waals surface area contributed by atoms with Crippen LogP contribution >= 0.6 is 11.6 Å². The van der Waals surface area contributed by atoms with Crippen LogP contribution in [-0.4, -0.2) is 31.3 Å². The Balaban J connectivity index is 2.26. The number of nitrogens with one attached hydrogen (secondary N) is 1. The smallest absolute Gasteiger partial charge is 0.0934 e. The van der Waals surface area contributed by atoms with Crippen molar-refractivity contribution in [3.8, 4) is 0 Å².